The fourth-order valence-electron chi connectivity index (χ4n) is 2.23. The Labute approximate surface area is 154 Å². The normalized spacial score (nSPS) is 10.7. The number of nitrogens with zero attached hydrogens (tertiary/aromatic N) is 1. The van der Waals surface area contributed by atoms with E-state index in [1.54, 1.807) is 42.5 Å². The van der Waals surface area contributed by atoms with Crippen molar-refractivity contribution in [2.75, 3.05) is 0 Å². The number of rotatable bonds is 5. The zero-order valence-electron chi connectivity index (χ0n) is 14.0. The smallest absolute Gasteiger partial charge is 0.353 e. The lowest BCUT2D eigenvalue weighted by molar-refractivity contribution is 0.0739. The number of amides is 1. The maximum absolute atomic E-state index is 12.1. The van der Waals surface area contributed by atoms with Crippen molar-refractivity contribution >= 4 is 29.4 Å². The van der Waals surface area contributed by atoms with E-state index in [0.717, 1.165) is 11.1 Å². The number of esters is 1. The van der Waals surface area contributed by atoms with Crippen molar-refractivity contribution in [1.82, 2.24) is 5.43 Å². The van der Waals surface area contributed by atoms with E-state index in [4.69, 9.17) is 4.74 Å². The number of carbonyl (C=O) groups excluding carboxylic acids is 2. The summed E-state index contributed by atoms with van der Waals surface area (Å²) in [5.41, 5.74) is 4.74. The average molecular weight is 364 g/mol. The fourth-order valence-corrected chi connectivity index (χ4v) is 2.83. The van der Waals surface area contributed by atoms with E-state index < -0.39 is 0 Å². The van der Waals surface area contributed by atoms with Gasteiger partial charge in [0.15, 0.2) is 0 Å². The summed E-state index contributed by atoms with van der Waals surface area (Å²) >= 11 is 1.33. The Morgan fingerprint density at radius 3 is 2.50 bits per heavy atom. The van der Waals surface area contributed by atoms with Gasteiger partial charge in [-0.2, -0.15) is 5.10 Å². The van der Waals surface area contributed by atoms with Crippen molar-refractivity contribution in [2.24, 2.45) is 5.10 Å². The predicted molar refractivity (Wildman–Crippen MR) is 102 cm³/mol. The average Bonchev–Trinajstić information content (AvgIpc) is 3.18. The van der Waals surface area contributed by atoms with Gasteiger partial charge in [-0.25, -0.2) is 10.2 Å². The van der Waals surface area contributed by atoms with E-state index in [1.807, 2.05) is 30.5 Å². The molecule has 0 saturated heterocycles. The van der Waals surface area contributed by atoms with E-state index in [2.05, 4.69) is 10.5 Å². The quantitative estimate of drug-likeness (QED) is 0.322. The molecule has 0 atom stereocenters. The van der Waals surface area contributed by atoms with Crippen LogP contribution in [0.4, 0.5) is 0 Å². The Morgan fingerprint density at radius 2 is 1.81 bits per heavy atom. The van der Waals surface area contributed by atoms with Gasteiger partial charge in [0.2, 0.25) is 0 Å². The van der Waals surface area contributed by atoms with E-state index in [0.29, 0.717) is 16.2 Å². The van der Waals surface area contributed by atoms with Crippen LogP contribution in [0.2, 0.25) is 0 Å². The Hall–Kier alpha value is -3.25. The number of nitrogens with one attached hydrogen (secondary N) is 1. The van der Waals surface area contributed by atoms with Crippen molar-refractivity contribution in [3.8, 4) is 5.75 Å². The van der Waals surface area contributed by atoms with Crippen LogP contribution >= 0.6 is 11.3 Å². The number of hydrogen-bond donors (Lipinski definition) is 1. The number of aryl methyl sites for hydroxylation is 1. The second-order valence-corrected chi connectivity index (χ2v) is 6.40. The fraction of sp³-hybridized carbons (Fsp3) is 0.0500. The summed E-state index contributed by atoms with van der Waals surface area (Å²) in [6, 6.07) is 17.7. The summed E-state index contributed by atoms with van der Waals surface area (Å²) in [5.74, 6) is -0.197. The molecule has 0 aliphatic carbocycles. The van der Waals surface area contributed by atoms with Gasteiger partial charge in [-0.3, -0.25) is 4.79 Å². The Bertz CT molecular complexity index is 932. The SMILES string of the molecule is Cc1ccccc1C(=O)NN=Cc1ccc(OC(=O)c2cccs2)cc1. The molecular weight excluding hydrogens is 348 g/mol. The summed E-state index contributed by atoms with van der Waals surface area (Å²) in [6.07, 6.45) is 1.53. The lowest BCUT2D eigenvalue weighted by Crippen LogP contribution is -2.18. The molecule has 3 aromatic rings. The van der Waals surface area contributed by atoms with Gasteiger partial charge in [0.05, 0.1) is 6.21 Å². The van der Waals surface area contributed by atoms with Crippen LogP contribution in [0, 0.1) is 6.92 Å². The first kappa shape index (κ1) is 17.6. The molecule has 5 nitrogen and oxygen atoms in total. The van der Waals surface area contributed by atoms with Gasteiger partial charge in [0.1, 0.15) is 10.6 Å². The molecule has 0 aliphatic rings. The Morgan fingerprint density at radius 1 is 1.04 bits per heavy atom. The third-order valence-corrected chi connectivity index (χ3v) is 4.43. The molecule has 0 fully saturated rings. The molecule has 0 spiro atoms. The largest absolute Gasteiger partial charge is 0.422 e. The zero-order valence-corrected chi connectivity index (χ0v) is 14.8. The topological polar surface area (TPSA) is 67.8 Å². The number of hydrazone groups is 1. The second kappa shape index (κ2) is 8.22. The van der Waals surface area contributed by atoms with Crippen LogP contribution in [0.5, 0.6) is 5.75 Å². The van der Waals surface area contributed by atoms with Crippen LogP contribution in [0.3, 0.4) is 0 Å². The van der Waals surface area contributed by atoms with Crippen molar-refractivity contribution in [1.29, 1.82) is 0 Å². The third-order valence-electron chi connectivity index (χ3n) is 3.58. The molecule has 130 valence electrons. The molecule has 1 heterocycles. The number of ether oxygens (including phenoxy) is 1. The minimum Gasteiger partial charge on any atom is -0.422 e. The second-order valence-electron chi connectivity index (χ2n) is 5.45. The molecule has 1 aromatic heterocycles. The van der Waals surface area contributed by atoms with Crippen LogP contribution < -0.4 is 10.2 Å². The molecule has 0 aliphatic heterocycles. The third kappa shape index (κ3) is 4.43. The first-order valence-corrected chi connectivity index (χ1v) is 8.76. The molecule has 1 amide bonds. The molecule has 0 bridgehead atoms. The highest BCUT2D eigenvalue weighted by atomic mass is 32.1. The van der Waals surface area contributed by atoms with Crippen molar-refractivity contribution in [2.45, 2.75) is 6.92 Å². The molecule has 0 radical (unpaired) electrons. The van der Waals surface area contributed by atoms with Gasteiger partial charge in [0.25, 0.3) is 5.91 Å². The van der Waals surface area contributed by atoms with Crippen LogP contribution in [-0.2, 0) is 0 Å². The predicted octanol–water partition coefficient (Wildman–Crippen LogP) is 4.04. The van der Waals surface area contributed by atoms with Crippen LogP contribution in [0.25, 0.3) is 0 Å². The maximum atomic E-state index is 12.1. The van der Waals surface area contributed by atoms with Gasteiger partial charge in [0, 0.05) is 5.56 Å². The minimum atomic E-state index is -0.382. The number of carbonyl (C=O) groups is 2. The summed E-state index contributed by atoms with van der Waals surface area (Å²) < 4.78 is 5.28. The zero-order chi connectivity index (χ0) is 18.4. The molecule has 1 N–H and O–H groups in total. The lowest BCUT2D eigenvalue weighted by Gasteiger charge is -2.04. The molecule has 2 aromatic carbocycles. The highest BCUT2D eigenvalue weighted by molar-refractivity contribution is 7.12. The van der Waals surface area contributed by atoms with Gasteiger partial charge < -0.3 is 4.74 Å². The summed E-state index contributed by atoms with van der Waals surface area (Å²) in [4.78, 5) is 24.5. The van der Waals surface area contributed by atoms with E-state index >= 15 is 0 Å². The summed E-state index contributed by atoms with van der Waals surface area (Å²) in [6.45, 7) is 1.87. The molecule has 0 saturated carbocycles. The van der Waals surface area contributed by atoms with E-state index in [1.165, 1.54) is 17.6 Å². The molecule has 0 unspecified atom stereocenters. The molecule has 26 heavy (non-hydrogen) atoms. The monoisotopic (exact) mass is 364 g/mol. The summed E-state index contributed by atoms with van der Waals surface area (Å²) in [7, 11) is 0. The van der Waals surface area contributed by atoms with Crippen molar-refractivity contribution in [3.63, 3.8) is 0 Å². The molecule has 3 rings (SSSR count). The van der Waals surface area contributed by atoms with Crippen LogP contribution in [-0.4, -0.2) is 18.1 Å². The van der Waals surface area contributed by atoms with Crippen molar-refractivity contribution in [3.05, 3.63) is 87.6 Å². The Kier molecular flexibility index (Phi) is 5.56. The van der Waals surface area contributed by atoms with E-state index in [9.17, 15) is 9.59 Å². The van der Waals surface area contributed by atoms with Gasteiger partial charge in [-0.15, -0.1) is 11.3 Å². The lowest BCUT2D eigenvalue weighted by atomic mass is 10.1. The van der Waals surface area contributed by atoms with Crippen LogP contribution in [0.15, 0.2) is 71.1 Å². The summed E-state index contributed by atoms with van der Waals surface area (Å²) in [5, 5.41) is 5.78. The van der Waals surface area contributed by atoms with Gasteiger partial charge >= 0.3 is 5.97 Å². The molecular formula is C20H16N2O3S. The standard InChI is InChI=1S/C20H16N2O3S/c1-14-5-2-3-6-17(14)19(23)22-21-13-15-8-10-16(11-9-15)25-20(24)18-7-4-12-26-18/h2-13H,1H3,(H,22,23). The van der Waals surface area contributed by atoms with Gasteiger partial charge in [-0.1, -0.05) is 24.3 Å². The van der Waals surface area contributed by atoms with E-state index in [-0.39, 0.29) is 11.9 Å². The highest BCUT2D eigenvalue weighted by Crippen LogP contribution is 2.16. The maximum Gasteiger partial charge on any atom is 0.353 e. The number of hydrogen-bond acceptors (Lipinski definition) is 5. The first-order valence-electron chi connectivity index (χ1n) is 7.88. The molecule has 6 heteroatoms. The number of benzene rings is 2. The first-order chi connectivity index (χ1) is 12.6. The van der Waals surface area contributed by atoms with Gasteiger partial charge in [-0.05, 0) is 59.8 Å². The highest BCUT2D eigenvalue weighted by Gasteiger charge is 2.09. The Balaban J connectivity index is 1.57. The van der Waals surface area contributed by atoms with Crippen molar-refractivity contribution < 1.29 is 14.3 Å². The minimum absolute atomic E-state index is 0.263. The van der Waals surface area contributed by atoms with Crippen LogP contribution in [0.1, 0.15) is 31.2 Å². The number of thiophene rings is 1.